The summed E-state index contributed by atoms with van der Waals surface area (Å²) in [6.45, 7) is 0. The van der Waals surface area contributed by atoms with Crippen molar-refractivity contribution in [3.8, 4) is 5.75 Å². The fourth-order valence-corrected chi connectivity index (χ4v) is 1.22. The van der Waals surface area contributed by atoms with Crippen molar-refractivity contribution in [3.63, 3.8) is 0 Å². The van der Waals surface area contributed by atoms with Crippen molar-refractivity contribution in [2.24, 2.45) is 0 Å². The van der Waals surface area contributed by atoms with Crippen LogP contribution in [0.2, 0.25) is 0 Å². The van der Waals surface area contributed by atoms with Gasteiger partial charge in [-0.2, -0.15) is 4.39 Å². The molecule has 5 nitrogen and oxygen atoms in total. The van der Waals surface area contributed by atoms with Gasteiger partial charge >= 0.3 is 11.9 Å². The van der Waals surface area contributed by atoms with Crippen molar-refractivity contribution in [3.05, 3.63) is 28.6 Å². The van der Waals surface area contributed by atoms with E-state index in [1.165, 1.54) is 0 Å². The number of rotatable bonds is 3. The summed E-state index contributed by atoms with van der Waals surface area (Å²) in [7, 11) is 0.785. The second-order valence-electron chi connectivity index (χ2n) is 2.84. The van der Waals surface area contributed by atoms with Crippen LogP contribution < -0.4 is 4.74 Å². The number of carbonyl (C=O) groups is 2. The third kappa shape index (κ3) is 1.88. The van der Waals surface area contributed by atoms with Crippen LogP contribution in [0.4, 0.5) is 13.2 Å². The number of aromatic carboxylic acids is 2. The molecule has 92 valence electrons. The maximum atomic E-state index is 13.4. The van der Waals surface area contributed by atoms with Crippen LogP contribution in [0.25, 0.3) is 0 Å². The predicted octanol–water partition coefficient (Wildman–Crippen LogP) is 1.51. The first-order chi connectivity index (χ1) is 7.82. The molecule has 0 aromatic heterocycles. The van der Waals surface area contributed by atoms with Gasteiger partial charge in [-0.25, -0.2) is 18.4 Å². The topological polar surface area (TPSA) is 83.8 Å². The summed E-state index contributed by atoms with van der Waals surface area (Å²) in [5, 5.41) is 17.1. The lowest BCUT2D eigenvalue weighted by molar-refractivity contribution is 0.0640. The van der Waals surface area contributed by atoms with E-state index < -0.39 is 46.3 Å². The van der Waals surface area contributed by atoms with E-state index in [1.54, 1.807) is 0 Å². The first-order valence-electron chi connectivity index (χ1n) is 4.03. The maximum absolute atomic E-state index is 13.4. The summed E-state index contributed by atoms with van der Waals surface area (Å²) in [6.07, 6.45) is 0. The van der Waals surface area contributed by atoms with Gasteiger partial charge in [-0.15, -0.1) is 0 Å². The van der Waals surface area contributed by atoms with Crippen LogP contribution in [0, 0.1) is 17.5 Å². The van der Waals surface area contributed by atoms with E-state index in [1.807, 2.05) is 0 Å². The average molecular weight is 250 g/mol. The fourth-order valence-electron chi connectivity index (χ4n) is 1.22. The summed E-state index contributed by atoms with van der Waals surface area (Å²) in [6, 6.07) is 0. The van der Waals surface area contributed by atoms with Crippen LogP contribution >= 0.6 is 0 Å². The van der Waals surface area contributed by atoms with E-state index >= 15 is 0 Å². The molecule has 0 saturated carbocycles. The second kappa shape index (κ2) is 4.32. The zero-order valence-electron chi connectivity index (χ0n) is 8.25. The number of carboxylic acids is 2. The zero-order chi connectivity index (χ0) is 13.3. The molecule has 2 N–H and O–H groups in total. The Morgan fingerprint density at radius 1 is 0.941 bits per heavy atom. The molecule has 0 unspecified atom stereocenters. The first kappa shape index (κ1) is 12.8. The molecule has 0 fully saturated rings. The van der Waals surface area contributed by atoms with Gasteiger partial charge in [0.1, 0.15) is 11.1 Å². The molecule has 0 bridgehead atoms. The SMILES string of the molecule is COc1c(F)c(F)c(C(=O)O)c(C(=O)O)c1F. The minimum atomic E-state index is -2.10. The highest BCUT2D eigenvalue weighted by Crippen LogP contribution is 2.30. The van der Waals surface area contributed by atoms with E-state index in [0.717, 1.165) is 7.11 Å². The number of methoxy groups -OCH3 is 1. The van der Waals surface area contributed by atoms with Gasteiger partial charge in [-0.05, 0) is 0 Å². The second-order valence-corrected chi connectivity index (χ2v) is 2.84. The Kier molecular flexibility index (Phi) is 3.26. The van der Waals surface area contributed by atoms with Crippen LogP contribution in [0.15, 0.2) is 0 Å². The van der Waals surface area contributed by atoms with Gasteiger partial charge in [0.05, 0.1) is 7.11 Å². The largest absolute Gasteiger partial charge is 0.491 e. The summed E-state index contributed by atoms with van der Waals surface area (Å²) in [5.41, 5.74) is -3.08. The number of ether oxygens (including phenoxy) is 1. The molecule has 0 spiro atoms. The normalized spacial score (nSPS) is 10.1. The van der Waals surface area contributed by atoms with Gasteiger partial charge in [0, 0.05) is 0 Å². The molecular formula is C9H5F3O5. The smallest absolute Gasteiger partial charge is 0.339 e. The van der Waals surface area contributed by atoms with Gasteiger partial charge < -0.3 is 14.9 Å². The van der Waals surface area contributed by atoms with Gasteiger partial charge in [0.2, 0.25) is 5.82 Å². The molecular weight excluding hydrogens is 245 g/mol. The summed E-state index contributed by atoms with van der Waals surface area (Å²) in [5.74, 6) is -11.1. The molecule has 0 amide bonds. The molecule has 0 aliphatic rings. The molecule has 0 aliphatic carbocycles. The number of carboxylic acid groups (broad SMARTS) is 2. The minimum absolute atomic E-state index is 0.785. The standard InChI is InChI=1S/C9H5F3O5/c1-17-7-5(11)3(9(15)16)2(8(13)14)4(10)6(7)12/h1H3,(H,13,14)(H,15,16). The summed E-state index contributed by atoms with van der Waals surface area (Å²) in [4.78, 5) is 21.2. The van der Waals surface area contributed by atoms with Crippen LogP contribution in [-0.4, -0.2) is 29.3 Å². The lowest BCUT2D eigenvalue weighted by Gasteiger charge is -2.10. The van der Waals surface area contributed by atoms with Gasteiger partial charge in [0.25, 0.3) is 0 Å². The van der Waals surface area contributed by atoms with E-state index in [0.29, 0.717) is 0 Å². The van der Waals surface area contributed by atoms with Crippen molar-refractivity contribution in [1.29, 1.82) is 0 Å². The highest BCUT2D eigenvalue weighted by molar-refractivity contribution is 6.02. The predicted molar refractivity (Wildman–Crippen MR) is 46.8 cm³/mol. The molecule has 0 aliphatic heterocycles. The van der Waals surface area contributed by atoms with Crippen molar-refractivity contribution < 1.29 is 37.7 Å². The molecule has 0 radical (unpaired) electrons. The Balaban J connectivity index is 3.84. The third-order valence-electron chi connectivity index (χ3n) is 1.91. The maximum Gasteiger partial charge on any atom is 0.339 e. The highest BCUT2D eigenvalue weighted by atomic mass is 19.2. The molecule has 17 heavy (non-hydrogen) atoms. The van der Waals surface area contributed by atoms with Gasteiger partial charge in [-0.3, -0.25) is 0 Å². The molecule has 0 heterocycles. The lowest BCUT2D eigenvalue weighted by Crippen LogP contribution is -2.16. The van der Waals surface area contributed by atoms with Crippen LogP contribution in [0.3, 0.4) is 0 Å². The Morgan fingerprint density at radius 3 is 1.71 bits per heavy atom. The Hall–Kier alpha value is -2.25. The van der Waals surface area contributed by atoms with Gasteiger partial charge in [-0.1, -0.05) is 0 Å². The van der Waals surface area contributed by atoms with Gasteiger partial charge in [0.15, 0.2) is 17.4 Å². The van der Waals surface area contributed by atoms with Crippen LogP contribution in [-0.2, 0) is 0 Å². The van der Waals surface area contributed by atoms with E-state index in [9.17, 15) is 22.8 Å². The third-order valence-corrected chi connectivity index (χ3v) is 1.91. The number of halogens is 3. The van der Waals surface area contributed by atoms with Crippen molar-refractivity contribution in [1.82, 2.24) is 0 Å². The fraction of sp³-hybridized carbons (Fsp3) is 0.111. The Bertz CT molecular complexity index is 512. The van der Waals surface area contributed by atoms with Crippen molar-refractivity contribution in [2.45, 2.75) is 0 Å². The first-order valence-corrected chi connectivity index (χ1v) is 4.03. The van der Waals surface area contributed by atoms with Crippen LogP contribution in [0.5, 0.6) is 5.75 Å². The monoisotopic (exact) mass is 250 g/mol. The quantitative estimate of drug-likeness (QED) is 0.794. The number of hydrogen-bond donors (Lipinski definition) is 2. The minimum Gasteiger partial charge on any atom is -0.491 e. The Morgan fingerprint density at radius 2 is 1.35 bits per heavy atom. The summed E-state index contributed by atoms with van der Waals surface area (Å²) >= 11 is 0. The number of hydrogen-bond acceptors (Lipinski definition) is 3. The van der Waals surface area contributed by atoms with E-state index in [2.05, 4.69) is 4.74 Å². The molecule has 1 rings (SSSR count). The molecule has 0 saturated heterocycles. The lowest BCUT2D eigenvalue weighted by atomic mass is 10.0. The molecule has 8 heteroatoms. The highest BCUT2D eigenvalue weighted by Gasteiger charge is 2.32. The number of benzene rings is 1. The molecule has 1 aromatic rings. The Labute approximate surface area is 92.0 Å². The zero-order valence-corrected chi connectivity index (χ0v) is 8.25. The molecule has 0 atom stereocenters. The van der Waals surface area contributed by atoms with E-state index in [-0.39, 0.29) is 0 Å². The van der Waals surface area contributed by atoms with Crippen LogP contribution in [0.1, 0.15) is 20.7 Å². The van der Waals surface area contributed by atoms with E-state index in [4.69, 9.17) is 10.2 Å². The average Bonchev–Trinajstić information content (AvgIpc) is 2.22. The van der Waals surface area contributed by atoms with Crippen molar-refractivity contribution >= 4 is 11.9 Å². The summed E-state index contributed by atoms with van der Waals surface area (Å²) < 4.78 is 43.9. The molecule has 1 aromatic carbocycles. The van der Waals surface area contributed by atoms with Crippen molar-refractivity contribution in [2.75, 3.05) is 7.11 Å².